The Labute approximate surface area is 208 Å². The highest BCUT2D eigenvalue weighted by atomic mass is 79.9. The first-order valence-corrected chi connectivity index (χ1v) is 12.0. The van der Waals surface area contributed by atoms with Crippen LogP contribution in [0.3, 0.4) is 0 Å². The number of halogens is 1. The number of nitrogens with one attached hydrogen (secondary N) is 2. The predicted molar refractivity (Wildman–Crippen MR) is 135 cm³/mol. The Morgan fingerprint density at radius 3 is 2.44 bits per heavy atom. The molecule has 0 unspecified atom stereocenters. The van der Waals surface area contributed by atoms with E-state index in [-0.39, 0.29) is 17.5 Å². The third-order valence-corrected chi connectivity index (χ3v) is 6.49. The molecule has 0 aliphatic carbocycles. The molecule has 2 N–H and O–H groups in total. The summed E-state index contributed by atoms with van der Waals surface area (Å²) in [6, 6.07) is 12.6. The molecule has 11 heteroatoms. The number of hydrogen-bond acceptors (Lipinski definition) is 7. The van der Waals surface area contributed by atoms with Crippen LogP contribution in [-0.2, 0) is 9.59 Å². The van der Waals surface area contributed by atoms with E-state index in [9.17, 15) is 19.7 Å². The van der Waals surface area contributed by atoms with Crippen LogP contribution in [0.4, 0.5) is 10.8 Å². The molecule has 2 amide bonds. The predicted octanol–water partition coefficient (Wildman–Crippen LogP) is 5.06. The van der Waals surface area contributed by atoms with Crippen molar-refractivity contribution in [2.45, 2.75) is 26.3 Å². The number of aromatic nitrogens is 2. The molecule has 0 fully saturated rings. The first-order valence-electron chi connectivity index (χ1n) is 10.4. The Bertz CT molecular complexity index is 1190. The average Bonchev–Trinajstić information content (AvgIpc) is 3.29. The van der Waals surface area contributed by atoms with Crippen LogP contribution in [0, 0.1) is 16.0 Å². The normalized spacial score (nSPS) is 12.8. The minimum Gasteiger partial charge on any atom is -0.340 e. The molecule has 0 bridgehead atoms. The van der Waals surface area contributed by atoms with E-state index in [0.717, 1.165) is 10.0 Å². The maximum absolute atomic E-state index is 12.9. The summed E-state index contributed by atoms with van der Waals surface area (Å²) in [4.78, 5) is 35.7. The molecular weight excluding hydrogens is 522 g/mol. The summed E-state index contributed by atoms with van der Waals surface area (Å²) in [5.74, 6) is -0.966. The molecule has 2 atom stereocenters. The van der Waals surface area contributed by atoms with Gasteiger partial charge in [-0.25, -0.2) is 0 Å². The lowest BCUT2D eigenvalue weighted by molar-refractivity contribution is -0.384. The number of carbonyl (C=O) groups excluding carboxylic acids is 2. The van der Waals surface area contributed by atoms with Gasteiger partial charge in [-0.1, -0.05) is 59.7 Å². The summed E-state index contributed by atoms with van der Waals surface area (Å²) >= 11 is 4.63. The largest absolute Gasteiger partial charge is 0.340 e. The Balaban J connectivity index is 1.65. The third-order valence-electron chi connectivity index (χ3n) is 5.07. The molecule has 0 saturated heterocycles. The summed E-state index contributed by atoms with van der Waals surface area (Å²) in [5.41, 5.74) is 1.47. The summed E-state index contributed by atoms with van der Waals surface area (Å²) < 4.78 is 0.948. The minimum atomic E-state index is -0.779. The van der Waals surface area contributed by atoms with E-state index < -0.39 is 16.9 Å². The number of carbonyl (C=O) groups is 2. The van der Waals surface area contributed by atoms with E-state index in [4.69, 9.17) is 0 Å². The van der Waals surface area contributed by atoms with Crippen LogP contribution in [0.5, 0.6) is 0 Å². The Kier molecular flexibility index (Phi) is 8.61. The molecule has 0 spiro atoms. The van der Waals surface area contributed by atoms with E-state index in [1.165, 1.54) is 35.6 Å². The van der Waals surface area contributed by atoms with Gasteiger partial charge in [-0.3, -0.25) is 25.0 Å². The molecule has 2 aromatic carbocycles. The number of amides is 2. The highest BCUT2D eigenvalue weighted by Gasteiger charge is 2.26. The van der Waals surface area contributed by atoms with Gasteiger partial charge in [-0.15, -0.1) is 10.2 Å². The third kappa shape index (κ3) is 6.78. The van der Waals surface area contributed by atoms with Crippen molar-refractivity contribution in [1.82, 2.24) is 15.5 Å². The van der Waals surface area contributed by atoms with Crippen LogP contribution >= 0.6 is 27.3 Å². The average molecular weight is 544 g/mol. The molecule has 176 valence electrons. The number of rotatable bonds is 9. The molecule has 9 nitrogen and oxygen atoms in total. The fourth-order valence-electron chi connectivity index (χ4n) is 2.95. The number of nitro groups is 1. The summed E-state index contributed by atoms with van der Waals surface area (Å²) in [5, 5.41) is 25.4. The van der Waals surface area contributed by atoms with Crippen LogP contribution in [-0.4, -0.2) is 33.0 Å². The fourth-order valence-corrected chi connectivity index (χ4v) is 3.96. The van der Waals surface area contributed by atoms with Crippen molar-refractivity contribution in [3.63, 3.8) is 0 Å². The number of hydrogen-bond donors (Lipinski definition) is 2. The summed E-state index contributed by atoms with van der Waals surface area (Å²) in [7, 11) is 0. The number of anilines is 1. The molecule has 1 heterocycles. The van der Waals surface area contributed by atoms with Crippen molar-refractivity contribution in [2.24, 2.45) is 5.92 Å². The highest BCUT2D eigenvalue weighted by Crippen LogP contribution is 2.27. The molecule has 0 radical (unpaired) electrons. The quantitative estimate of drug-likeness (QED) is 0.220. The second-order valence-electron chi connectivity index (χ2n) is 7.46. The Hall–Kier alpha value is -3.44. The highest BCUT2D eigenvalue weighted by molar-refractivity contribution is 9.10. The van der Waals surface area contributed by atoms with Crippen LogP contribution in [0.15, 0.2) is 59.1 Å². The number of benzene rings is 2. The molecule has 0 aliphatic rings. The van der Waals surface area contributed by atoms with Gasteiger partial charge in [0.1, 0.15) is 11.0 Å². The Morgan fingerprint density at radius 1 is 1.15 bits per heavy atom. The lowest BCUT2D eigenvalue weighted by atomic mass is 9.98. The number of non-ortho nitro benzene ring substituents is 1. The summed E-state index contributed by atoms with van der Waals surface area (Å²) in [6.07, 6.45) is 3.49. The molecular formula is C23H22BrN5O4S. The van der Waals surface area contributed by atoms with Gasteiger partial charge in [0.2, 0.25) is 16.9 Å². The maximum atomic E-state index is 12.9. The second kappa shape index (κ2) is 11.6. The number of nitrogens with zero attached hydrogens (tertiary/aromatic N) is 3. The van der Waals surface area contributed by atoms with Crippen LogP contribution in [0.2, 0.25) is 0 Å². The van der Waals surface area contributed by atoms with Crippen molar-refractivity contribution >= 4 is 56.0 Å². The van der Waals surface area contributed by atoms with E-state index in [1.807, 2.05) is 38.1 Å². The van der Waals surface area contributed by atoms with Crippen molar-refractivity contribution in [3.8, 4) is 10.6 Å². The smallest absolute Gasteiger partial charge is 0.269 e. The number of nitro benzene ring substituents is 1. The molecule has 0 aliphatic heterocycles. The van der Waals surface area contributed by atoms with Crippen molar-refractivity contribution < 1.29 is 14.5 Å². The van der Waals surface area contributed by atoms with Crippen molar-refractivity contribution in [3.05, 3.63) is 74.8 Å². The van der Waals surface area contributed by atoms with Gasteiger partial charge in [-0.2, -0.15) is 0 Å². The SMILES string of the molecule is CC[C@@H](C)[C@H](NC(=O)/C=C/c1ccc([N+](=O)[O-])cc1)C(=O)Nc1nnc(-c2ccc(Br)cc2)s1. The van der Waals surface area contributed by atoms with E-state index >= 15 is 0 Å². The van der Waals surface area contributed by atoms with Crippen LogP contribution in [0.1, 0.15) is 25.8 Å². The minimum absolute atomic E-state index is 0.0323. The van der Waals surface area contributed by atoms with Gasteiger partial charge in [0, 0.05) is 28.2 Å². The van der Waals surface area contributed by atoms with E-state index in [1.54, 1.807) is 12.1 Å². The van der Waals surface area contributed by atoms with Gasteiger partial charge >= 0.3 is 0 Å². The van der Waals surface area contributed by atoms with Gasteiger partial charge in [0.25, 0.3) is 5.69 Å². The van der Waals surface area contributed by atoms with Crippen molar-refractivity contribution in [1.29, 1.82) is 0 Å². The molecule has 3 rings (SSSR count). The van der Waals surface area contributed by atoms with Gasteiger partial charge in [0.05, 0.1) is 4.92 Å². The summed E-state index contributed by atoms with van der Waals surface area (Å²) in [6.45, 7) is 3.80. The zero-order valence-electron chi connectivity index (χ0n) is 18.4. The van der Waals surface area contributed by atoms with Crippen LogP contribution in [0.25, 0.3) is 16.6 Å². The first kappa shape index (κ1) is 25.2. The van der Waals surface area contributed by atoms with E-state index in [0.29, 0.717) is 22.1 Å². The van der Waals surface area contributed by atoms with Gasteiger partial charge in [0.15, 0.2) is 0 Å². The van der Waals surface area contributed by atoms with Gasteiger partial charge < -0.3 is 5.32 Å². The van der Waals surface area contributed by atoms with Crippen LogP contribution < -0.4 is 10.6 Å². The standard InChI is InChI=1S/C23H22BrN5O4S/c1-3-14(2)20(25-19(30)13-6-15-4-11-18(12-5-15)29(32)33)21(31)26-23-28-27-22(34-23)16-7-9-17(24)10-8-16/h4-14,20H,3H2,1-2H3,(H,25,30)(H,26,28,31)/b13-6+/t14-,20+/m1/s1. The monoisotopic (exact) mass is 543 g/mol. The lowest BCUT2D eigenvalue weighted by Gasteiger charge is -2.22. The van der Waals surface area contributed by atoms with Gasteiger partial charge in [-0.05, 0) is 41.8 Å². The zero-order chi connectivity index (χ0) is 24.7. The Morgan fingerprint density at radius 2 is 1.82 bits per heavy atom. The second-order valence-corrected chi connectivity index (χ2v) is 9.36. The maximum Gasteiger partial charge on any atom is 0.269 e. The van der Waals surface area contributed by atoms with E-state index in [2.05, 4.69) is 36.8 Å². The molecule has 1 aromatic heterocycles. The fraction of sp³-hybridized carbons (Fsp3) is 0.217. The molecule has 3 aromatic rings. The molecule has 0 saturated carbocycles. The topological polar surface area (TPSA) is 127 Å². The van der Waals surface area contributed by atoms with Crippen molar-refractivity contribution in [2.75, 3.05) is 5.32 Å². The lowest BCUT2D eigenvalue weighted by Crippen LogP contribution is -2.47. The molecule has 34 heavy (non-hydrogen) atoms. The zero-order valence-corrected chi connectivity index (χ0v) is 20.8. The first-order chi connectivity index (χ1) is 16.3.